The standard InChI is InChI=1S/C16H17N3O/c1-11(2)20-16-6-4-3-5-15(16)19-14-8-7-12(10-17)9-13(14)18/h3-9,11,19H,18H2,1-2H3. The van der Waals surface area contributed by atoms with Gasteiger partial charge in [-0.05, 0) is 44.2 Å². The summed E-state index contributed by atoms with van der Waals surface area (Å²) in [6.07, 6.45) is 0.0938. The number of nitrogens with two attached hydrogens (primary N) is 1. The second kappa shape index (κ2) is 5.98. The Labute approximate surface area is 118 Å². The Kier molecular flexibility index (Phi) is 4.11. The van der Waals surface area contributed by atoms with E-state index in [0.29, 0.717) is 11.3 Å². The predicted octanol–water partition coefficient (Wildman–Crippen LogP) is 3.67. The van der Waals surface area contributed by atoms with Crippen molar-refractivity contribution in [2.24, 2.45) is 0 Å². The van der Waals surface area contributed by atoms with E-state index in [0.717, 1.165) is 17.1 Å². The van der Waals surface area contributed by atoms with Crippen LogP contribution in [0.1, 0.15) is 19.4 Å². The average molecular weight is 267 g/mol. The van der Waals surface area contributed by atoms with Crippen LogP contribution in [0.15, 0.2) is 42.5 Å². The fourth-order valence-corrected chi connectivity index (χ4v) is 1.82. The van der Waals surface area contributed by atoms with Gasteiger partial charge in [-0.25, -0.2) is 0 Å². The van der Waals surface area contributed by atoms with Crippen molar-refractivity contribution in [3.05, 3.63) is 48.0 Å². The molecule has 2 rings (SSSR count). The molecule has 3 N–H and O–H groups in total. The highest BCUT2D eigenvalue weighted by Gasteiger charge is 2.07. The first-order valence-electron chi connectivity index (χ1n) is 6.42. The molecule has 2 aromatic carbocycles. The molecule has 0 aliphatic carbocycles. The topological polar surface area (TPSA) is 71.1 Å². The maximum absolute atomic E-state index is 8.84. The first-order chi connectivity index (χ1) is 9.60. The summed E-state index contributed by atoms with van der Waals surface area (Å²) in [5.74, 6) is 0.770. The van der Waals surface area contributed by atoms with E-state index in [1.807, 2.05) is 38.1 Å². The minimum atomic E-state index is 0.0938. The number of nitrogens with one attached hydrogen (secondary N) is 1. The van der Waals surface area contributed by atoms with Crippen LogP contribution in [0, 0.1) is 11.3 Å². The molecule has 0 aliphatic rings. The van der Waals surface area contributed by atoms with E-state index in [1.165, 1.54) is 0 Å². The lowest BCUT2D eigenvalue weighted by Crippen LogP contribution is -2.07. The van der Waals surface area contributed by atoms with Gasteiger partial charge in [0.2, 0.25) is 0 Å². The Morgan fingerprint density at radius 3 is 2.55 bits per heavy atom. The molecule has 0 radical (unpaired) electrons. The Balaban J connectivity index is 2.28. The Hall–Kier alpha value is -2.67. The van der Waals surface area contributed by atoms with Gasteiger partial charge in [0.1, 0.15) is 5.75 Å². The van der Waals surface area contributed by atoms with Crippen LogP contribution in [-0.4, -0.2) is 6.10 Å². The largest absolute Gasteiger partial charge is 0.489 e. The molecule has 0 bridgehead atoms. The summed E-state index contributed by atoms with van der Waals surface area (Å²) in [6.45, 7) is 3.96. The quantitative estimate of drug-likeness (QED) is 0.829. The molecular formula is C16H17N3O. The van der Waals surface area contributed by atoms with Gasteiger partial charge in [0.15, 0.2) is 0 Å². The van der Waals surface area contributed by atoms with Crippen molar-refractivity contribution in [2.45, 2.75) is 20.0 Å². The van der Waals surface area contributed by atoms with Crippen molar-refractivity contribution in [3.63, 3.8) is 0 Å². The van der Waals surface area contributed by atoms with Crippen LogP contribution in [0.2, 0.25) is 0 Å². The van der Waals surface area contributed by atoms with E-state index >= 15 is 0 Å². The van der Waals surface area contributed by atoms with Gasteiger partial charge in [-0.2, -0.15) is 5.26 Å². The lowest BCUT2D eigenvalue weighted by molar-refractivity contribution is 0.244. The summed E-state index contributed by atoms with van der Waals surface area (Å²) in [5.41, 5.74) is 8.61. The molecule has 2 aromatic rings. The molecule has 0 aromatic heterocycles. The minimum Gasteiger partial charge on any atom is -0.489 e. The molecule has 0 heterocycles. The van der Waals surface area contributed by atoms with E-state index in [9.17, 15) is 0 Å². The van der Waals surface area contributed by atoms with Crippen LogP contribution >= 0.6 is 0 Å². The normalized spacial score (nSPS) is 10.1. The average Bonchev–Trinajstić information content (AvgIpc) is 2.42. The molecular weight excluding hydrogens is 250 g/mol. The number of anilines is 3. The molecule has 0 saturated heterocycles. The first-order valence-corrected chi connectivity index (χ1v) is 6.42. The first kappa shape index (κ1) is 13.8. The lowest BCUT2D eigenvalue weighted by atomic mass is 10.2. The fourth-order valence-electron chi connectivity index (χ4n) is 1.82. The zero-order valence-electron chi connectivity index (χ0n) is 11.6. The van der Waals surface area contributed by atoms with Crippen LogP contribution in [0.5, 0.6) is 5.75 Å². The molecule has 20 heavy (non-hydrogen) atoms. The van der Waals surface area contributed by atoms with Gasteiger partial charge in [0.25, 0.3) is 0 Å². The molecule has 0 amide bonds. The number of para-hydroxylation sites is 2. The predicted molar refractivity (Wildman–Crippen MR) is 81.1 cm³/mol. The van der Waals surface area contributed by atoms with Gasteiger partial charge in [-0.1, -0.05) is 12.1 Å². The maximum Gasteiger partial charge on any atom is 0.143 e. The van der Waals surface area contributed by atoms with Crippen LogP contribution in [0.4, 0.5) is 17.1 Å². The maximum atomic E-state index is 8.84. The Morgan fingerprint density at radius 1 is 1.15 bits per heavy atom. The monoisotopic (exact) mass is 267 g/mol. The van der Waals surface area contributed by atoms with E-state index in [1.54, 1.807) is 18.2 Å². The molecule has 102 valence electrons. The van der Waals surface area contributed by atoms with Crippen molar-refractivity contribution >= 4 is 17.1 Å². The summed E-state index contributed by atoms with van der Waals surface area (Å²) in [5, 5.41) is 12.1. The minimum absolute atomic E-state index is 0.0938. The zero-order valence-corrected chi connectivity index (χ0v) is 11.6. The SMILES string of the molecule is CC(C)Oc1ccccc1Nc1ccc(C#N)cc1N. The van der Waals surface area contributed by atoms with Crippen molar-refractivity contribution in [2.75, 3.05) is 11.1 Å². The molecule has 0 atom stereocenters. The van der Waals surface area contributed by atoms with E-state index in [4.69, 9.17) is 15.7 Å². The fraction of sp³-hybridized carbons (Fsp3) is 0.188. The summed E-state index contributed by atoms with van der Waals surface area (Å²) in [4.78, 5) is 0. The van der Waals surface area contributed by atoms with Gasteiger partial charge in [-0.3, -0.25) is 0 Å². The summed E-state index contributed by atoms with van der Waals surface area (Å²) in [6, 6.07) is 14.9. The van der Waals surface area contributed by atoms with Gasteiger partial charge < -0.3 is 15.8 Å². The summed E-state index contributed by atoms with van der Waals surface area (Å²) < 4.78 is 5.75. The second-order valence-electron chi connectivity index (χ2n) is 4.70. The third kappa shape index (κ3) is 3.21. The highest BCUT2D eigenvalue weighted by Crippen LogP contribution is 2.30. The zero-order chi connectivity index (χ0) is 14.5. The second-order valence-corrected chi connectivity index (χ2v) is 4.70. The highest BCUT2D eigenvalue weighted by atomic mass is 16.5. The molecule has 0 fully saturated rings. The summed E-state index contributed by atoms with van der Waals surface area (Å²) in [7, 11) is 0. The van der Waals surface area contributed by atoms with Crippen molar-refractivity contribution < 1.29 is 4.74 Å². The molecule has 0 spiro atoms. The van der Waals surface area contributed by atoms with Crippen molar-refractivity contribution in [1.82, 2.24) is 0 Å². The number of ether oxygens (including phenoxy) is 1. The number of benzene rings is 2. The molecule has 0 aliphatic heterocycles. The smallest absolute Gasteiger partial charge is 0.143 e. The van der Waals surface area contributed by atoms with Crippen LogP contribution in [0.3, 0.4) is 0 Å². The molecule has 4 heteroatoms. The van der Waals surface area contributed by atoms with E-state index in [2.05, 4.69) is 11.4 Å². The molecule has 4 nitrogen and oxygen atoms in total. The number of nitriles is 1. The van der Waals surface area contributed by atoms with Crippen LogP contribution in [-0.2, 0) is 0 Å². The molecule has 0 saturated carbocycles. The summed E-state index contributed by atoms with van der Waals surface area (Å²) >= 11 is 0. The third-order valence-electron chi connectivity index (χ3n) is 2.70. The Morgan fingerprint density at radius 2 is 1.90 bits per heavy atom. The van der Waals surface area contributed by atoms with E-state index in [-0.39, 0.29) is 6.10 Å². The lowest BCUT2D eigenvalue weighted by Gasteiger charge is -2.16. The van der Waals surface area contributed by atoms with Gasteiger partial charge in [-0.15, -0.1) is 0 Å². The van der Waals surface area contributed by atoms with Crippen molar-refractivity contribution in [1.29, 1.82) is 5.26 Å². The van der Waals surface area contributed by atoms with Gasteiger partial charge in [0, 0.05) is 0 Å². The number of hydrogen-bond donors (Lipinski definition) is 2. The third-order valence-corrected chi connectivity index (χ3v) is 2.70. The van der Waals surface area contributed by atoms with Crippen LogP contribution < -0.4 is 15.8 Å². The number of rotatable bonds is 4. The molecule has 0 unspecified atom stereocenters. The van der Waals surface area contributed by atoms with Crippen molar-refractivity contribution in [3.8, 4) is 11.8 Å². The number of nitrogen functional groups attached to an aromatic ring is 1. The van der Waals surface area contributed by atoms with Crippen LogP contribution in [0.25, 0.3) is 0 Å². The van der Waals surface area contributed by atoms with Gasteiger partial charge >= 0.3 is 0 Å². The number of hydrogen-bond acceptors (Lipinski definition) is 4. The van der Waals surface area contributed by atoms with E-state index < -0.39 is 0 Å². The van der Waals surface area contributed by atoms with Gasteiger partial charge in [0.05, 0.1) is 34.8 Å². The highest BCUT2D eigenvalue weighted by molar-refractivity contribution is 5.76. The Bertz CT molecular complexity index is 644. The number of nitrogens with zero attached hydrogens (tertiary/aromatic N) is 1.